The van der Waals surface area contributed by atoms with Crippen LogP contribution >= 0.6 is 22.6 Å². The molecular weight excluding hydrogens is 421 g/mol. The first-order valence-electron chi connectivity index (χ1n) is 6.54. The van der Waals surface area contributed by atoms with Crippen LogP contribution in [0.1, 0.15) is 11.1 Å². The van der Waals surface area contributed by atoms with E-state index in [1.54, 1.807) is 18.2 Å². The summed E-state index contributed by atoms with van der Waals surface area (Å²) in [5.74, 6) is -1.20. The number of carbonyl (C=O) groups is 1. The summed E-state index contributed by atoms with van der Waals surface area (Å²) in [4.78, 5) is 11.3. The van der Waals surface area contributed by atoms with Gasteiger partial charge in [0.25, 0.3) is 0 Å². The molecule has 2 aromatic carbocycles. The molecule has 0 saturated carbocycles. The molecule has 0 radical (unpaired) electrons. The summed E-state index contributed by atoms with van der Waals surface area (Å²) >= 11 is 2.03. The third kappa shape index (κ3) is 4.31. The number of rotatable bonds is 4. The molecule has 0 bridgehead atoms. The van der Waals surface area contributed by atoms with Gasteiger partial charge in [0.1, 0.15) is 18.2 Å². The van der Waals surface area contributed by atoms with E-state index in [1.807, 2.05) is 22.6 Å². The molecule has 0 aliphatic carbocycles. The lowest BCUT2D eigenvalue weighted by Gasteiger charge is -2.13. The maximum Gasteiger partial charge on any atom is 0.513 e. The van der Waals surface area contributed by atoms with Crippen LogP contribution in [0.5, 0.6) is 11.5 Å². The highest BCUT2D eigenvalue weighted by molar-refractivity contribution is 14.1. The lowest BCUT2D eigenvalue weighted by atomic mass is 10.2. The lowest BCUT2D eigenvalue weighted by molar-refractivity contribution is 0.120. The van der Waals surface area contributed by atoms with Crippen LogP contribution in [-0.2, 0) is 11.3 Å². The number of halogens is 3. The summed E-state index contributed by atoms with van der Waals surface area (Å²) in [6.07, 6.45) is -0.874. The molecule has 2 rings (SSSR count). The van der Waals surface area contributed by atoms with Crippen LogP contribution in [0.4, 0.5) is 13.6 Å². The van der Waals surface area contributed by atoms with Crippen LogP contribution in [0.15, 0.2) is 30.3 Å². The minimum Gasteiger partial charge on any atom is -0.486 e. The maximum absolute atomic E-state index is 13.8. The van der Waals surface area contributed by atoms with Gasteiger partial charge < -0.3 is 14.2 Å². The first kappa shape index (κ1) is 17.5. The zero-order chi connectivity index (χ0) is 17.0. The topological polar surface area (TPSA) is 44.8 Å². The Morgan fingerprint density at radius 2 is 1.91 bits per heavy atom. The second-order valence-electron chi connectivity index (χ2n) is 4.59. The molecule has 0 fully saturated rings. The summed E-state index contributed by atoms with van der Waals surface area (Å²) < 4.78 is 42.9. The quantitative estimate of drug-likeness (QED) is 0.401. The van der Waals surface area contributed by atoms with E-state index in [9.17, 15) is 13.6 Å². The molecule has 4 nitrogen and oxygen atoms in total. The molecule has 0 aliphatic rings. The molecule has 0 saturated heterocycles. The number of carbonyl (C=O) groups excluding carboxylic acids is 1. The van der Waals surface area contributed by atoms with Crippen molar-refractivity contribution in [2.75, 3.05) is 7.11 Å². The van der Waals surface area contributed by atoms with Crippen molar-refractivity contribution in [3.05, 3.63) is 56.7 Å². The fourth-order valence-electron chi connectivity index (χ4n) is 1.79. The molecule has 0 spiro atoms. The largest absolute Gasteiger partial charge is 0.513 e. The smallest absolute Gasteiger partial charge is 0.486 e. The fourth-order valence-corrected chi connectivity index (χ4v) is 2.42. The third-order valence-electron chi connectivity index (χ3n) is 3.02. The minimum absolute atomic E-state index is 0.0924. The van der Waals surface area contributed by atoms with Crippen molar-refractivity contribution in [2.45, 2.75) is 13.5 Å². The van der Waals surface area contributed by atoms with E-state index in [0.29, 0.717) is 5.56 Å². The van der Waals surface area contributed by atoms with Crippen LogP contribution in [0.3, 0.4) is 0 Å². The fraction of sp³-hybridized carbons (Fsp3) is 0.188. The molecule has 122 valence electrons. The predicted molar refractivity (Wildman–Crippen MR) is 87.6 cm³/mol. The molecule has 0 N–H and O–H groups in total. The van der Waals surface area contributed by atoms with E-state index in [1.165, 1.54) is 14.0 Å². The number of benzene rings is 2. The van der Waals surface area contributed by atoms with Crippen molar-refractivity contribution < 1.29 is 27.8 Å². The molecule has 0 aromatic heterocycles. The Bertz CT molecular complexity index is 734. The molecule has 23 heavy (non-hydrogen) atoms. The van der Waals surface area contributed by atoms with Crippen molar-refractivity contribution in [2.24, 2.45) is 0 Å². The van der Waals surface area contributed by atoms with E-state index in [4.69, 9.17) is 9.47 Å². The van der Waals surface area contributed by atoms with E-state index in [-0.39, 0.29) is 23.7 Å². The maximum atomic E-state index is 13.8. The van der Waals surface area contributed by atoms with Crippen LogP contribution < -0.4 is 9.47 Å². The van der Waals surface area contributed by atoms with Gasteiger partial charge in [0, 0.05) is 15.2 Å². The first-order chi connectivity index (χ1) is 10.9. The summed E-state index contributed by atoms with van der Waals surface area (Å²) in [5.41, 5.74) is 0.720. The van der Waals surface area contributed by atoms with Gasteiger partial charge in [-0.2, -0.15) is 0 Å². The molecule has 2 aromatic rings. The van der Waals surface area contributed by atoms with Crippen molar-refractivity contribution >= 4 is 28.7 Å². The number of hydrogen-bond donors (Lipinski definition) is 0. The van der Waals surface area contributed by atoms with Crippen LogP contribution in [0, 0.1) is 22.1 Å². The normalized spacial score (nSPS) is 10.3. The minimum atomic E-state index is -0.874. The monoisotopic (exact) mass is 434 g/mol. The standard InChI is InChI=1S/C16H13F2IO4/c1-9-6-12(18)15(7-11(9)17)22-8-10-13(19)4-3-5-14(10)23-16(20)21-2/h3-7H,8H2,1-2H3. The zero-order valence-electron chi connectivity index (χ0n) is 12.4. The SMILES string of the molecule is COC(=O)Oc1cccc(I)c1COc1cc(F)c(C)cc1F. The van der Waals surface area contributed by atoms with Gasteiger partial charge in [-0.1, -0.05) is 6.07 Å². The number of hydrogen-bond acceptors (Lipinski definition) is 4. The van der Waals surface area contributed by atoms with E-state index in [0.717, 1.165) is 15.7 Å². The van der Waals surface area contributed by atoms with Gasteiger partial charge in [0.05, 0.1) is 7.11 Å². The van der Waals surface area contributed by atoms with Crippen molar-refractivity contribution in [1.29, 1.82) is 0 Å². The Hall–Kier alpha value is -1.90. The second kappa shape index (κ2) is 7.58. The van der Waals surface area contributed by atoms with E-state index in [2.05, 4.69) is 4.74 Å². The Morgan fingerprint density at radius 3 is 2.61 bits per heavy atom. The third-order valence-corrected chi connectivity index (χ3v) is 4.03. The number of methoxy groups -OCH3 is 1. The highest BCUT2D eigenvalue weighted by Gasteiger charge is 2.15. The second-order valence-corrected chi connectivity index (χ2v) is 5.76. The summed E-state index contributed by atoms with van der Waals surface area (Å²) in [6, 6.07) is 7.07. The molecular formula is C16H13F2IO4. The Morgan fingerprint density at radius 1 is 1.17 bits per heavy atom. The first-order valence-corrected chi connectivity index (χ1v) is 7.62. The van der Waals surface area contributed by atoms with Crippen molar-refractivity contribution in [3.63, 3.8) is 0 Å². The number of aryl methyl sites for hydroxylation is 1. The summed E-state index contributed by atoms with van der Waals surface area (Å²) in [5, 5.41) is 0. The predicted octanol–water partition coefficient (Wildman–Crippen LogP) is 4.60. The average Bonchev–Trinajstić information content (AvgIpc) is 2.51. The lowest BCUT2D eigenvalue weighted by Crippen LogP contribution is -2.11. The van der Waals surface area contributed by atoms with Gasteiger partial charge in [-0.05, 0) is 53.3 Å². The highest BCUT2D eigenvalue weighted by atomic mass is 127. The molecule has 0 amide bonds. The van der Waals surface area contributed by atoms with E-state index < -0.39 is 17.8 Å². The van der Waals surface area contributed by atoms with Gasteiger partial charge in [0.2, 0.25) is 0 Å². The molecule has 0 atom stereocenters. The van der Waals surface area contributed by atoms with Crippen molar-refractivity contribution in [3.8, 4) is 11.5 Å². The number of ether oxygens (including phenoxy) is 3. The molecule has 0 aliphatic heterocycles. The van der Waals surface area contributed by atoms with Crippen LogP contribution in [0.2, 0.25) is 0 Å². The summed E-state index contributed by atoms with van der Waals surface area (Å²) in [7, 11) is 1.19. The van der Waals surface area contributed by atoms with Gasteiger partial charge in [0.15, 0.2) is 11.6 Å². The Labute approximate surface area is 145 Å². The van der Waals surface area contributed by atoms with Crippen LogP contribution in [-0.4, -0.2) is 13.3 Å². The average molecular weight is 434 g/mol. The molecule has 0 heterocycles. The molecule has 0 unspecified atom stereocenters. The van der Waals surface area contributed by atoms with Gasteiger partial charge >= 0.3 is 6.16 Å². The Balaban J connectivity index is 2.23. The van der Waals surface area contributed by atoms with Crippen LogP contribution in [0.25, 0.3) is 0 Å². The van der Waals surface area contributed by atoms with Gasteiger partial charge in [-0.25, -0.2) is 13.6 Å². The van der Waals surface area contributed by atoms with Crippen molar-refractivity contribution in [1.82, 2.24) is 0 Å². The Kier molecular flexibility index (Phi) is 5.75. The highest BCUT2D eigenvalue weighted by Crippen LogP contribution is 2.28. The van der Waals surface area contributed by atoms with E-state index >= 15 is 0 Å². The zero-order valence-corrected chi connectivity index (χ0v) is 14.5. The summed E-state index contributed by atoms with van der Waals surface area (Å²) in [6.45, 7) is 1.37. The van der Waals surface area contributed by atoms with Gasteiger partial charge in [-0.15, -0.1) is 0 Å². The molecule has 7 heteroatoms. The van der Waals surface area contributed by atoms with Gasteiger partial charge in [-0.3, -0.25) is 0 Å².